The van der Waals surface area contributed by atoms with Crippen LogP contribution in [0, 0.1) is 0 Å². The number of aliphatic hydroxyl groups is 6. The second-order valence-corrected chi connectivity index (χ2v) is 12.5. The number of aliphatic hydroxyl groups excluding tert-OH is 6. The third-order valence-electron chi connectivity index (χ3n) is 8.62. The van der Waals surface area contributed by atoms with E-state index in [9.17, 15) is 40.2 Å². The lowest BCUT2D eigenvalue weighted by Crippen LogP contribution is -2.64. The molecule has 10 atom stereocenters. The fraction of sp³-hybridized carbons (Fsp3) is 0.938. The molecule has 264 valence electrons. The van der Waals surface area contributed by atoms with Crippen LogP contribution in [-0.4, -0.2) is 117 Å². The molecular weight excluding hydrogens is 588 g/mol. The fourth-order valence-electron chi connectivity index (χ4n) is 5.62. The van der Waals surface area contributed by atoms with Gasteiger partial charge in [-0.2, -0.15) is 0 Å². The van der Waals surface area contributed by atoms with Crippen LogP contribution in [0.2, 0.25) is 0 Å². The molecule has 0 radical (unpaired) electrons. The average Bonchev–Trinajstić information content (AvgIpc) is 3.03. The zero-order chi connectivity index (χ0) is 33.2. The summed E-state index contributed by atoms with van der Waals surface area (Å²) in [5.41, 5.74) is 0. The maximum Gasteiger partial charge on any atom is 0.220 e. The van der Waals surface area contributed by atoms with Crippen molar-refractivity contribution in [2.45, 2.75) is 178 Å². The van der Waals surface area contributed by atoms with Crippen molar-refractivity contribution in [2.24, 2.45) is 0 Å². The van der Waals surface area contributed by atoms with Gasteiger partial charge >= 0.3 is 0 Å². The number of hydrogen-bond acceptors (Lipinski definition) is 11. The predicted octanol–water partition coefficient (Wildman–Crippen LogP) is 1.13. The summed E-state index contributed by atoms with van der Waals surface area (Å²) in [6.07, 6.45) is 0.0108. The summed E-state index contributed by atoms with van der Waals surface area (Å²) in [7, 11) is 0. The number of nitrogens with one attached hydrogen (secondary N) is 2. The lowest BCUT2D eigenvalue weighted by Gasteiger charge is -2.45. The number of carbonyl (C=O) groups excluding carboxylic acids is 2. The fourth-order valence-corrected chi connectivity index (χ4v) is 5.62. The number of carbonyl (C=O) groups is 2. The van der Waals surface area contributed by atoms with Gasteiger partial charge < -0.3 is 55.5 Å². The van der Waals surface area contributed by atoms with E-state index in [4.69, 9.17) is 14.2 Å². The molecule has 2 heterocycles. The minimum atomic E-state index is -1.75. The van der Waals surface area contributed by atoms with Crippen molar-refractivity contribution in [3.05, 3.63) is 0 Å². The molecule has 0 aromatic carbocycles. The molecule has 13 heteroatoms. The first-order valence-electron chi connectivity index (χ1n) is 17.2. The molecule has 2 fully saturated rings. The summed E-state index contributed by atoms with van der Waals surface area (Å²) in [4.78, 5) is 24.6. The van der Waals surface area contributed by atoms with E-state index in [1.165, 1.54) is 38.5 Å². The molecule has 0 aromatic heterocycles. The van der Waals surface area contributed by atoms with E-state index in [2.05, 4.69) is 24.5 Å². The molecule has 0 bridgehead atoms. The Balaban J connectivity index is 1.82. The summed E-state index contributed by atoms with van der Waals surface area (Å²) >= 11 is 0. The molecule has 0 saturated carbocycles. The molecule has 45 heavy (non-hydrogen) atoms. The molecular formula is C32H60N2O11. The van der Waals surface area contributed by atoms with Crippen molar-refractivity contribution in [1.29, 1.82) is 0 Å². The number of hydrogen-bond donors (Lipinski definition) is 8. The van der Waals surface area contributed by atoms with Gasteiger partial charge in [-0.05, 0) is 12.8 Å². The van der Waals surface area contributed by atoms with Gasteiger partial charge in [0.2, 0.25) is 11.8 Å². The number of unbranched alkanes of at least 4 members (excludes halogenated alkanes) is 12. The highest BCUT2D eigenvalue weighted by Crippen LogP contribution is 2.28. The molecule has 2 amide bonds. The molecule has 8 N–H and O–H groups in total. The first kappa shape index (κ1) is 39.8. The summed E-state index contributed by atoms with van der Waals surface area (Å²) in [6, 6.07) is 0. The highest BCUT2D eigenvalue weighted by atomic mass is 16.8. The Bertz CT molecular complexity index is 758. The average molecular weight is 649 g/mol. The smallest absolute Gasteiger partial charge is 0.220 e. The first-order valence-corrected chi connectivity index (χ1v) is 17.2. The zero-order valence-corrected chi connectivity index (χ0v) is 27.2. The molecule has 0 aliphatic carbocycles. The van der Waals surface area contributed by atoms with Crippen molar-refractivity contribution in [3.8, 4) is 0 Å². The van der Waals surface area contributed by atoms with E-state index < -0.39 is 61.4 Å². The van der Waals surface area contributed by atoms with Gasteiger partial charge in [0.15, 0.2) is 12.6 Å². The van der Waals surface area contributed by atoms with Crippen LogP contribution in [0.4, 0.5) is 0 Å². The normalized spacial score (nSPS) is 31.9. The maximum atomic E-state index is 12.3. The Kier molecular flexibility index (Phi) is 19.6. The molecule has 2 aliphatic heterocycles. The van der Waals surface area contributed by atoms with Crippen LogP contribution in [0.3, 0.4) is 0 Å². The second kappa shape index (κ2) is 22.2. The Morgan fingerprint density at radius 1 is 0.511 bits per heavy atom. The molecule has 2 saturated heterocycles. The summed E-state index contributed by atoms with van der Waals surface area (Å²) in [5, 5.41) is 68.1. The van der Waals surface area contributed by atoms with E-state index in [-0.39, 0.29) is 24.9 Å². The van der Waals surface area contributed by atoms with Gasteiger partial charge in [0.1, 0.15) is 48.8 Å². The minimum Gasteiger partial charge on any atom is -0.388 e. The zero-order valence-electron chi connectivity index (χ0n) is 27.2. The minimum absolute atomic E-state index is 0.164. The topological polar surface area (TPSA) is 207 Å². The third-order valence-corrected chi connectivity index (χ3v) is 8.62. The van der Waals surface area contributed by atoms with Crippen molar-refractivity contribution < 1.29 is 54.4 Å². The van der Waals surface area contributed by atoms with Gasteiger partial charge in [-0.1, -0.05) is 90.9 Å². The van der Waals surface area contributed by atoms with Crippen LogP contribution in [0.1, 0.15) is 117 Å². The van der Waals surface area contributed by atoms with Gasteiger partial charge in [-0.15, -0.1) is 0 Å². The summed E-state index contributed by atoms with van der Waals surface area (Å²) in [6.45, 7) is 3.99. The first-order chi connectivity index (χ1) is 21.6. The van der Waals surface area contributed by atoms with Gasteiger partial charge in [0, 0.05) is 25.9 Å². The molecule has 2 rings (SSSR count). The molecule has 1 unspecified atom stereocenters. The van der Waals surface area contributed by atoms with Crippen LogP contribution in [0.25, 0.3) is 0 Å². The van der Waals surface area contributed by atoms with Crippen LogP contribution < -0.4 is 10.6 Å². The highest BCUT2D eigenvalue weighted by molar-refractivity contribution is 5.76. The predicted molar refractivity (Wildman–Crippen MR) is 166 cm³/mol. The van der Waals surface area contributed by atoms with Gasteiger partial charge in [-0.25, -0.2) is 0 Å². The molecule has 0 spiro atoms. The van der Waals surface area contributed by atoms with Crippen LogP contribution in [0.15, 0.2) is 0 Å². The monoisotopic (exact) mass is 648 g/mol. The highest BCUT2D eigenvalue weighted by Gasteiger charge is 2.49. The second-order valence-electron chi connectivity index (χ2n) is 12.5. The van der Waals surface area contributed by atoms with E-state index in [0.717, 1.165) is 51.4 Å². The van der Waals surface area contributed by atoms with E-state index in [1.54, 1.807) is 0 Å². The molecule has 13 nitrogen and oxygen atoms in total. The van der Waals surface area contributed by atoms with E-state index in [1.807, 2.05) is 0 Å². The van der Waals surface area contributed by atoms with Crippen molar-refractivity contribution in [3.63, 3.8) is 0 Å². The summed E-state index contributed by atoms with van der Waals surface area (Å²) in [5.74, 6) is -0.477. The van der Waals surface area contributed by atoms with Crippen molar-refractivity contribution >= 4 is 11.8 Å². The SMILES string of the molecule is CCCCCCCCCC(=O)NC[C@H]1O[C@H](OC2O[C@H](CNC(=O)CCCCCCCCC)[C@@H](O)[C@H](O)[C@H]2O)[C@H](O)[C@H](O)[C@@H]1O. The Hall–Kier alpha value is -1.42. The standard InChI is InChI=1S/C32H60N2O11/c1-3-5-7-9-11-13-15-17-23(35)33-19-21-25(37)27(39)29(41)31(43-21)45-32-30(42)28(40)26(38)22(44-32)20-34-24(36)18-16-14-12-10-8-6-4-2/h21-22,25-32,37-42H,3-20H2,1-2H3,(H,33,35)(H,34,36)/t21-,22-,25-,26-,27-,28+,29-,30-,31-,32?/m1/s1. The van der Waals surface area contributed by atoms with Crippen LogP contribution >= 0.6 is 0 Å². The quantitative estimate of drug-likeness (QED) is 0.0781. The van der Waals surface area contributed by atoms with Gasteiger partial charge in [-0.3, -0.25) is 9.59 Å². The van der Waals surface area contributed by atoms with Gasteiger partial charge in [0.25, 0.3) is 0 Å². The molecule has 0 aromatic rings. The van der Waals surface area contributed by atoms with Gasteiger partial charge in [0.05, 0.1) is 0 Å². The lowest BCUT2D eigenvalue weighted by atomic mass is 9.97. The van der Waals surface area contributed by atoms with Crippen molar-refractivity contribution in [1.82, 2.24) is 10.6 Å². The largest absolute Gasteiger partial charge is 0.388 e. The molecule has 2 aliphatic rings. The number of amides is 2. The van der Waals surface area contributed by atoms with E-state index in [0.29, 0.717) is 12.8 Å². The summed E-state index contributed by atoms with van der Waals surface area (Å²) < 4.78 is 16.9. The van der Waals surface area contributed by atoms with Crippen molar-refractivity contribution in [2.75, 3.05) is 13.1 Å². The van der Waals surface area contributed by atoms with Crippen LogP contribution in [0.5, 0.6) is 0 Å². The Morgan fingerprint density at radius 2 is 0.844 bits per heavy atom. The van der Waals surface area contributed by atoms with Crippen LogP contribution in [-0.2, 0) is 23.8 Å². The Labute approximate surface area is 268 Å². The number of ether oxygens (including phenoxy) is 3. The number of rotatable bonds is 22. The van der Waals surface area contributed by atoms with E-state index >= 15 is 0 Å². The Morgan fingerprint density at radius 3 is 1.20 bits per heavy atom. The lowest BCUT2D eigenvalue weighted by molar-refractivity contribution is -0.372. The third kappa shape index (κ3) is 14.1. The maximum absolute atomic E-state index is 12.3.